The first-order valence-corrected chi connectivity index (χ1v) is 11.7. The lowest BCUT2D eigenvalue weighted by Gasteiger charge is -2.39. The molecule has 0 N–H and O–H groups in total. The van der Waals surface area contributed by atoms with Crippen molar-refractivity contribution in [1.29, 1.82) is 0 Å². The summed E-state index contributed by atoms with van der Waals surface area (Å²) in [4.78, 5) is 19.4. The molecule has 2 aliphatic rings. The van der Waals surface area contributed by atoms with Gasteiger partial charge in [0.15, 0.2) is 0 Å². The largest absolute Gasteiger partial charge is 0.445 e. The van der Waals surface area contributed by atoms with Gasteiger partial charge in [-0.1, -0.05) is 60.7 Å². The van der Waals surface area contributed by atoms with Crippen LogP contribution in [0.15, 0.2) is 60.7 Å². The van der Waals surface area contributed by atoms with E-state index in [1.165, 1.54) is 31.5 Å². The molecule has 2 heterocycles. The van der Waals surface area contributed by atoms with Crippen LogP contribution < -0.4 is 0 Å². The highest BCUT2D eigenvalue weighted by molar-refractivity contribution is 5.67. The molecule has 1 amide bonds. The summed E-state index contributed by atoms with van der Waals surface area (Å²) in [5.41, 5.74) is 2.46. The number of ether oxygens (including phenoxy) is 1. The third-order valence-corrected chi connectivity index (χ3v) is 6.51. The summed E-state index contributed by atoms with van der Waals surface area (Å²) in [6.45, 7) is 8.49. The van der Waals surface area contributed by atoms with E-state index in [9.17, 15) is 4.79 Å². The molecule has 1 atom stereocenters. The van der Waals surface area contributed by atoms with Gasteiger partial charge >= 0.3 is 6.09 Å². The van der Waals surface area contributed by atoms with E-state index >= 15 is 0 Å². The van der Waals surface area contributed by atoms with E-state index in [2.05, 4.69) is 40.1 Å². The average Bonchev–Trinajstić information content (AvgIpc) is 2.83. The van der Waals surface area contributed by atoms with Crippen LogP contribution in [0, 0.1) is 5.92 Å². The van der Waals surface area contributed by atoms with Crippen LogP contribution in [-0.4, -0.2) is 73.2 Å². The predicted octanol–water partition coefficient (Wildman–Crippen LogP) is 3.90. The van der Waals surface area contributed by atoms with E-state index in [0.29, 0.717) is 6.61 Å². The summed E-state index contributed by atoms with van der Waals surface area (Å²) < 4.78 is 5.49. The molecule has 0 aromatic heterocycles. The van der Waals surface area contributed by atoms with Crippen molar-refractivity contribution < 1.29 is 9.53 Å². The molecule has 2 aromatic rings. The number of piperazine rings is 1. The highest BCUT2D eigenvalue weighted by Crippen LogP contribution is 2.19. The standard InChI is InChI=1S/C26H35N3O2/c30-26(31-22-24-10-5-2-6-11-24)29-18-16-28(17-19-29)21-25-12-7-14-27(20-25)15-13-23-8-3-1-4-9-23/h1-6,8-11,25H,7,12-22H2/t25-/m1/s1. The van der Waals surface area contributed by atoms with E-state index in [1.54, 1.807) is 0 Å². The van der Waals surface area contributed by atoms with Gasteiger partial charge < -0.3 is 14.5 Å². The third kappa shape index (κ3) is 6.81. The Kier molecular flexibility index (Phi) is 7.97. The Labute approximate surface area is 186 Å². The Bertz CT molecular complexity index is 791. The van der Waals surface area contributed by atoms with Crippen LogP contribution in [0.4, 0.5) is 4.79 Å². The lowest BCUT2D eigenvalue weighted by molar-refractivity contribution is 0.0611. The minimum Gasteiger partial charge on any atom is -0.445 e. The molecule has 0 bridgehead atoms. The number of carbonyl (C=O) groups is 1. The first-order valence-electron chi connectivity index (χ1n) is 11.7. The van der Waals surface area contributed by atoms with Gasteiger partial charge in [0.1, 0.15) is 6.61 Å². The summed E-state index contributed by atoms with van der Waals surface area (Å²) in [6, 6.07) is 20.7. The number of likely N-dealkylation sites (tertiary alicyclic amines) is 1. The number of carbonyl (C=O) groups excluding carboxylic acids is 1. The molecular formula is C26H35N3O2. The first kappa shape index (κ1) is 21.8. The molecule has 5 nitrogen and oxygen atoms in total. The SMILES string of the molecule is O=C(OCc1ccccc1)N1CCN(C[C@@H]2CCCN(CCc3ccccc3)C2)CC1. The molecule has 2 saturated heterocycles. The number of amides is 1. The highest BCUT2D eigenvalue weighted by Gasteiger charge is 2.26. The zero-order valence-electron chi connectivity index (χ0n) is 18.5. The Hall–Kier alpha value is -2.37. The molecule has 5 heteroatoms. The fourth-order valence-electron chi connectivity index (χ4n) is 4.72. The van der Waals surface area contributed by atoms with Crippen molar-refractivity contribution in [2.45, 2.75) is 25.9 Å². The fraction of sp³-hybridized carbons (Fsp3) is 0.500. The molecule has 0 spiro atoms. The summed E-state index contributed by atoms with van der Waals surface area (Å²) in [5, 5.41) is 0. The van der Waals surface area contributed by atoms with Gasteiger partial charge in [0.05, 0.1) is 0 Å². The molecule has 0 unspecified atom stereocenters. The zero-order chi connectivity index (χ0) is 21.3. The van der Waals surface area contributed by atoms with E-state index < -0.39 is 0 Å². The highest BCUT2D eigenvalue weighted by atomic mass is 16.6. The van der Waals surface area contributed by atoms with Gasteiger partial charge in [-0.05, 0) is 42.9 Å². The Balaban J connectivity index is 1.15. The van der Waals surface area contributed by atoms with Crippen LogP contribution >= 0.6 is 0 Å². The molecule has 0 radical (unpaired) electrons. The summed E-state index contributed by atoms with van der Waals surface area (Å²) in [7, 11) is 0. The normalized spacial score (nSPS) is 20.5. The maximum absolute atomic E-state index is 12.4. The topological polar surface area (TPSA) is 36.0 Å². The van der Waals surface area contributed by atoms with Crippen molar-refractivity contribution in [3.63, 3.8) is 0 Å². The van der Waals surface area contributed by atoms with Crippen LogP contribution in [-0.2, 0) is 17.8 Å². The van der Waals surface area contributed by atoms with Crippen LogP contribution in [0.25, 0.3) is 0 Å². The van der Waals surface area contributed by atoms with Gasteiger partial charge in [0.25, 0.3) is 0 Å². The van der Waals surface area contributed by atoms with Gasteiger partial charge in [-0.25, -0.2) is 4.79 Å². The van der Waals surface area contributed by atoms with Crippen LogP contribution in [0.3, 0.4) is 0 Å². The smallest absolute Gasteiger partial charge is 0.410 e. The molecule has 2 fully saturated rings. The van der Waals surface area contributed by atoms with Gasteiger partial charge in [-0.15, -0.1) is 0 Å². The number of nitrogens with zero attached hydrogens (tertiary/aromatic N) is 3. The minimum absolute atomic E-state index is 0.187. The summed E-state index contributed by atoms with van der Waals surface area (Å²) in [6.07, 6.45) is 3.57. The van der Waals surface area contributed by atoms with E-state index in [0.717, 1.165) is 57.2 Å². The van der Waals surface area contributed by atoms with Crippen molar-refractivity contribution in [3.8, 4) is 0 Å². The van der Waals surface area contributed by atoms with E-state index in [-0.39, 0.29) is 6.09 Å². The lowest BCUT2D eigenvalue weighted by atomic mass is 9.96. The van der Waals surface area contributed by atoms with Crippen molar-refractivity contribution in [1.82, 2.24) is 14.7 Å². The molecule has 31 heavy (non-hydrogen) atoms. The molecule has 0 aliphatic carbocycles. The third-order valence-electron chi connectivity index (χ3n) is 6.51. The van der Waals surface area contributed by atoms with Crippen LogP contribution in [0.1, 0.15) is 24.0 Å². The summed E-state index contributed by atoms with van der Waals surface area (Å²) >= 11 is 0. The number of piperidine rings is 1. The van der Waals surface area contributed by atoms with Gasteiger partial charge in [-0.3, -0.25) is 4.90 Å². The second kappa shape index (κ2) is 11.3. The molecule has 2 aliphatic heterocycles. The van der Waals surface area contributed by atoms with Gasteiger partial charge in [0, 0.05) is 45.8 Å². The molecule has 0 saturated carbocycles. The Morgan fingerprint density at radius 1 is 0.839 bits per heavy atom. The predicted molar refractivity (Wildman–Crippen MR) is 124 cm³/mol. The number of rotatable bonds is 7. The number of hydrogen-bond donors (Lipinski definition) is 0. The maximum Gasteiger partial charge on any atom is 0.410 e. The van der Waals surface area contributed by atoms with Crippen molar-refractivity contribution in [2.24, 2.45) is 5.92 Å². The van der Waals surface area contributed by atoms with Crippen molar-refractivity contribution in [3.05, 3.63) is 71.8 Å². The number of hydrogen-bond acceptors (Lipinski definition) is 4. The Morgan fingerprint density at radius 3 is 2.23 bits per heavy atom. The Morgan fingerprint density at radius 2 is 1.52 bits per heavy atom. The second-order valence-corrected chi connectivity index (χ2v) is 8.87. The average molecular weight is 422 g/mol. The lowest BCUT2D eigenvalue weighted by Crippen LogP contribution is -2.51. The monoisotopic (exact) mass is 421 g/mol. The fourth-order valence-corrected chi connectivity index (χ4v) is 4.72. The van der Waals surface area contributed by atoms with E-state index in [1.807, 2.05) is 35.2 Å². The first-order chi connectivity index (χ1) is 15.3. The molecule has 2 aromatic carbocycles. The van der Waals surface area contributed by atoms with E-state index in [4.69, 9.17) is 4.74 Å². The molecule has 4 rings (SSSR count). The van der Waals surface area contributed by atoms with Crippen molar-refractivity contribution in [2.75, 3.05) is 52.4 Å². The summed E-state index contributed by atoms with van der Waals surface area (Å²) in [5.74, 6) is 0.737. The van der Waals surface area contributed by atoms with Gasteiger partial charge in [-0.2, -0.15) is 0 Å². The second-order valence-electron chi connectivity index (χ2n) is 8.87. The molecule has 166 valence electrons. The molecular weight excluding hydrogens is 386 g/mol. The van der Waals surface area contributed by atoms with Crippen molar-refractivity contribution >= 4 is 6.09 Å². The minimum atomic E-state index is -0.187. The van der Waals surface area contributed by atoms with Crippen LogP contribution in [0.5, 0.6) is 0 Å². The maximum atomic E-state index is 12.4. The zero-order valence-corrected chi connectivity index (χ0v) is 18.5. The van der Waals surface area contributed by atoms with Gasteiger partial charge in [0.2, 0.25) is 0 Å². The number of benzene rings is 2. The quantitative estimate of drug-likeness (QED) is 0.679. The van der Waals surface area contributed by atoms with Crippen LogP contribution in [0.2, 0.25) is 0 Å².